The molecule has 12 heavy (non-hydrogen) atoms. The third-order valence-electron chi connectivity index (χ3n) is 1.84. The Hall–Kier alpha value is 0.310. The van der Waals surface area contributed by atoms with Gasteiger partial charge < -0.3 is 0 Å². The quantitative estimate of drug-likeness (QED) is 0.589. The van der Waals surface area contributed by atoms with E-state index >= 15 is 0 Å². The molecule has 0 radical (unpaired) electrons. The molecule has 0 amide bonds. The monoisotopic (exact) mass is 196 g/mol. The van der Waals surface area contributed by atoms with Crippen LogP contribution in [0.4, 0.5) is 0 Å². The summed E-state index contributed by atoms with van der Waals surface area (Å²) < 4.78 is 0. The van der Waals surface area contributed by atoms with Crippen LogP contribution >= 0.6 is 7.28 Å². The van der Waals surface area contributed by atoms with Crippen molar-refractivity contribution in [1.82, 2.24) is 0 Å². The van der Waals surface area contributed by atoms with Gasteiger partial charge in [0, 0.05) is 0 Å². The molecule has 0 aliphatic rings. The Morgan fingerprint density at radius 3 is 1.50 bits per heavy atom. The number of rotatable bonds is 2. The van der Waals surface area contributed by atoms with E-state index in [1.54, 1.807) is 13.8 Å². The van der Waals surface area contributed by atoms with Crippen LogP contribution in [-0.4, -0.2) is 26.5 Å². The third kappa shape index (κ3) is 3.81. The molecule has 0 rings (SSSR count). The fourth-order valence-electron chi connectivity index (χ4n) is 1.09. The molecule has 4 heteroatoms. The Morgan fingerprint density at radius 2 is 1.42 bits per heavy atom. The van der Waals surface area contributed by atoms with Gasteiger partial charge in [0.15, 0.2) is 0 Å². The van der Waals surface area contributed by atoms with Gasteiger partial charge in [-0.3, -0.25) is 0 Å². The average Bonchev–Trinajstić information content (AvgIpc) is 1.53. The van der Waals surface area contributed by atoms with Crippen molar-refractivity contribution >= 4 is 7.28 Å². The second kappa shape index (κ2) is 2.91. The fourth-order valence-corrected chi connectivity index (χ4v) is 3.28. The SMILES string of the molecule is CC(C)P(O)(O)(O)CC(C)(C)C. The van der Waals surface area contributed by atoms with Gasteiger partial charge in [-0.05, 0) is 0 Å². The van der Waals surface area contributed by atoms with Gasteiger partial charge in [0.05, 0.1) is 0 Å². The van der Waals surface area contributed by atoms with E-state index in [2.05, 4.69) is 0 Å². The molecule has 0 heterocycles. The van der Waals surface area contributed by atoms with E-state index in [0.29, 0.717) is 0 Å². The molecule has 76 valence electrons. The summed E-state index contributed by atoms with van der Waals surface area (Å²) in [6.45, 7) is 8.88. The molecule has 0 aromatic carbocycles. The average molecular weight is 196 g/mol. The summed E-state index contributed by atoms with van der Waals surface area (Å²) in [7, 11) is -4.38. The van der Waals surface area contributed by atoms with Crippen LogP contribution < -0.4 is 0 Å². The summed E-state index contributed by atoms with van der Waals surface area (Å²) in [4.78, 5) is 28.9. The number of hydrogen-bond donors (Lipinski definition) is 3. The molecule has 3 N–H and O–H groups in total. The predicted molar refractivity (Wildman–Crippen MR) is 53.0 cm³/mol. The van der Waals surface area contributed by atoms with Gasteiger partial charge in [-0.2, -0.15) is 0 Å². The molecule has 3 nitrogen and oxygen atoms in total. The van der Waals surface area contributed by atoms with Crippen LogP contribution in [0.15, 0.2) is 0 Å². The number of hydrogen-bond acceptors (Lipinski definition) is 3. The van der Waals surface area contributed by atoms with E-state index in [9.17, 15) is 14.7 Å². The second-order valence-electron chi connectivity index (χ2n) is 5.03. The van der Waals surface area contributed by atoms with E-state index in [-0.39, 0.29) is 11.6 Å². The molecule has 0 aromatic rings. The Balaban J connectivity index is 4.61. The van der Waals surface area contributed by atoms with Crippen molar-refractivity contribution in [2.45, 2.75) is 40.3 Å². The normalized spacial score (nSPS) is 17.6. The Morgan fingerprint density at radius 1 is 1.08 bits per heavy atom. The molecule has 0 aliphatic carbocycles. The van der Waals surface area contributed by atoms with Gasteiger partial charge in [-0.1, -0.05) is 0 Å². The van der Waals surface area contributed by atoms with Crippen LogP contribution in [0.5, 0.6) is 0 Å². The Labute approximate surface area is 74.6 Å². The zero-order valence-corrected chi connectivity index (χ0v) is 9.47. The van der Waals surface area contributed by atoms with Gasteiger partial charge in [0.1, 0.15) is 0 Å². The zero-order chi connectivity index (χ0) is 10.2. The van der Waals surface area contributed by atoms with Gasteiger partial charge in [0.2, 0.25) is 0 Å². The zero-order valence-electron chi connectivity index (χ0n) is 8.57. The molecule has 0 aromatic heterocycles. The first-order valence-corrected chi connectivity index (χ1v) is 6.53. The maximum atomic E-state index is 9.63. The molecule has 0 saturated heterocycles. The predicted octanol–water partition coefficient (Wildman–Crippen LogP) is 1.72. The minimum atomic E-state index is -4.38. The Bertz CT molecular complexity index is 161. The third-order valence-corrected chi connectivity index (χ3v) is 5.51. The topological polar surface area (TPSA) is 60.7 Å². The standard InChI is InChI=1S/C8H21O3P/c1-7(2)12(9,10,11)6-8(3,4)5/h7,9-11H,6H2,1-5H3. The van der Waals surface area contributed by atoms with Crippen molar-refractivity contribution in [2.24, 2.45) is 5.41 Å². The van der Waals surface area contributed by atoms with Crippen LogP contribution in [0.3, 0.4) is 0 Å². The summed E-state index contributed by atoms with van der Waals surface area (Å²) in [6, 6.07) is 0. The first kappa shape index (κ1) is 12.3. The van der Waals surface area contributed by atoms with Crippen molar-refractivity contribution in [2.75, 3.05) is 6.16 Å². The minimum absolute atomic E-state index is 0.0657. The van der Waals surface area contributed by atoms with Crippen LogP contribution in [-0.2, 0) is 0 Å². The Kier molecular flexibility index (Phi) is 2.99. The fraction of sp³-hybridized carbons (Fsp3) is 1.00. The van der Waals surface area contributed by atoms with Crippen molar-refractivity contribution in [3.8, 4) is 0 Å². The second-order valence-corrected chi connectivity index (χ2v) is 8.83. The summed E-state index contributed by atoms with van der Waals surface area (Å²) in [5, 5.41) is 0. The van der Waals surface area contributed by atoms with Crippen LogP contribution in [0.2, 0.25) is 0 Å². The van der Waals surface area contributed by atoms with Crippen molar-refractivity contribution in [1.29, 1.82) is 0 Å². The van der Waals surface area contributed by atoms with Crippen molar-refractivity contribution in [3.05, 3.63) is 0 Å². The van der Waals surface area contributed by atoms with Crippen LogP contribution in [0, 0.1) is 5.41 Å². The van der Waals surface area contributed by atoms with Crippen molar-refractivity contribution in [3.63, 3.8) is 0 Å². The van der Waals surface area contributed by atoms with E-state index in [4.69, 9.17) is 0 Å². The molecular formula is C8H21O3P. The first-order chi connectivity index (χ1) is 4.92. The summed E-state index contributed by atoms with van der Waals surface area (Å²) in [6.07, 6.45) is 0.0657. The van der Waals surface area contributed by atoms with Gasteiger partial charge in [-0.25, -0.2) is 0 Å². The van der Waals surface area contributed by atoms with Gasteiger partial charge in [0.25, 0.3) is 0 Å². The van der Waals surface area contributed by atoms with Crippen molar-refractivity contribution < 1.29 is 14.7 Å². The van der Waals surface area contributed by atoms with Gasteiger partial charge >= 0.3 is 73.8 Å². The van der Waals surface area contributed by atoms with E-state index in [1.165, 1.54) is 0 Å². The molecule has 0 unspecified atom stereocenters. The van der Waals surface area contributed by atoms with E-state index in [0.717, 1.165) is 0 Å². The molecule has 0 bridgehead atoms. The summed E-state index contributed by atoms with van der Waals surface area (Å²) in [5.41, 5.74) is -0.740. The van der Waals surface area contributed by atoms with Crippen LogP contribution in [0.1, 0.15) is 34.6 Å². The van der Waals surface area contributed by atoms with E-state index in [1.807, 2.05) is 20.8 Å². The molecule has 0 fully saturated rings. The molecule has 0 spiro atoms. The van der Waals surface area contributed by atoms with Gasteiger partial charge in [-0.15, -0.1) is 0 Å². The molecule has 0 aliphatic heterocycles. The maximum absolute atomic E-state index is 9.63. The van der Waals surface area contributed by atoms with Crippen LogP contribution in [0.25, 0.3) is 0 Å². The first-order valence-electron chi connectivity index (χ1n) is 4.18. The summed E-state index contributed by atoms with van der Waals surface area (Å²) >= 11 is 0. The summed E-state index contributed by atoms with van der Waals surface area (Å²) in [5.74, 6) is 0. The molecule has 0 saturated carbocycles. The molecule has 0 atom stereocenters. The van der Waals surface area contributed by atoms with E-state index < -0.39 is 12.9 Å². The molecular weight excluding hydrogens is 175 g/mol.